The van der Waals surface area contributed by atoms with Gasteiger partial charge in [-0.25, -0.2) is 0 Å². The number of nitriles is 1. The zero-order chi connectivity index (χ0) is 15.9. The summed E-state index contributed by atoms with van der Waals surface area (Å²) >= 11 is 0. The number of ether oxygens (including phenoxy) is 1. The first-order chi connectivity index (χ1) is 9.82. The summed E-state index contributed by atoms with van der Waals surface area (Å²) in [6.45, 7) is 11.8. The van der Waals surface area contributed by atoms with E-state index in [1.807, 2.05) is 0 Å². The maximum absolute atomic E-state index is 9.48. The second-order valence-corrected chi connectivity index (χ2v) is 7.68. The summed E-state index contributed by atoms with van der Waals surface area (Å²) < 4.78 is 6.03. The molecular formula is C18H34N2O. The predicted molar refractivity (Wildman–Crippen MR) is 88.1 cm³/mol. The first-order valence-corrected chi connectivity index (χ1v) is 8.63. The maximum atomic E-state index is 9.48. The van der Waals surface area contributed by atoms with Gasteiger partial charge in [-0.05, 0) is 64.2 Å². The van der Waals surface area contributed by atoms with Crippen LogP contribution in [0.2, 0.25) is 0 Å². The summed E-state index contributed by atoms with van der Waals surface area (Å²) in [5, 5.41) is 12.9. The molecule has 0 saturated heterocycles. The molecule has 21 heavy (non-hydrogen) atoms. The third kappa shape index (κ3) is 6.36. The molecular weight excluding hydrogens is 260 g/mol. The lowest BCUT2D eigenvalue weighted by Gasteiger charge is -2.34. The van der Waals surface area contributed by atoms with Gasteiger partial charge in [-0.15, -0.1) is 0 Å². The standard InChI is InChI=1S/C18H34N2O/c1-6-18(14-19,20-15(2)3)10-7-13-21-16-8-11-17(4,5)12-9-16/h15-16,20H,6-13H2,1-5H3. The molecule has 0 aromatic carbocycles. The minimum absolute atomic E-state index is 0.339. The zero-order valence-corrected chi connectivity index (χ0v) is 14.7. The van der Waals surface area contributed by atoms with Crippen LogP contribution in [0.4, 0.5) is 0 Å². The van der Waals surface area contributed by atoms with Gasteiger partial charge in [-0.3, -0.25) is 5.32 Å². The molecule has 1 unspecified atom stereocenters. The predicted octanol–water partition coefficient (Wildman–Crippen LogP) is 4.42. The van der Waals surface area contributed by atoms with E-state index < -0.39 is 0 Å². The van der Waals surface area contributed by atoms with Crippen LogP contribution in [0.5, 0.6) is 0 Å². The molecule has 122 valence electrons. The van der Waals surface area contributed by atoms with E-state index in [9.17, 15) is 5.26 Å². The Morgan fingerprint density at radius 1 is 1.33 bits per heavy atom. The number of nitrogens with one attached hydrogen (secondary N) is 1. The fourth-order valence-electron chi connectivity index (χ4n) is 3.23. The van der Waals surface area contributed by atoms with Gasteiger partial charge in [0.25, 0.3) is 0 Å². The van der Waals surface area contributed by atoms with Gasteiger partial charge in [0.15, 0.2) is 0 Å². The van der Waals surface area contributed by atoms with E-state index in [0.717, 1.165) is 25.9 Å². The molecule has 1 N–H and O–H groups in total. The lowest BCUT2D eigenvalue weighted by atomic mass is 9.76. The Balaban J connectivity index is 2.28. The molecule has 0 amide bonds. The van der Waals surface area contributed by atoms with Crippen molar-refractivity contribution in [3.05, 3.63) is 0 Å². The van der Waals surface area contributed by atoms with Gasteiger partial charge in [0.1, 0.15) is 5.54 Å². The van der Waals surface area contributed by atoms with E-state index in [1.165, 1.54) is 25.7 Å². The number of hydrogen-bond acceptors (Lipinski definition) is 3. The average Bonchev–Trinajstić information content (AvgIpc) is 2.43. The van der Waals surface area contributed by atoms with Crippen molar-refractivity contribution in [3.8, 4) is 6.07 Å². The minimum Gasteiger partial charge on any atom is -0.378 e. The van der Waals surface area contributed by atoms with Crippen molar-refractivity contribution in [3.63, 3.8) is 0 Å². The van der Waals surface area contributed by atoms with Crippen LogP contribution in [-0.2, 0) is 4.74 Å². The molecule has 0 spiro atoms. The van der Waals surface area contributed by atoms with E-state index in [2.05, 4.69) is 46.0 Å². The molecule has 0 aliphatic heterocycles. The van der Waals surface area contributed by atoms with Crippen molar-refractivity contribution < 1.29 is 4.74 Å². The van der Waals surface area contributed by atoms with Crippen molar-refractivity contribution >= 4 is 0 Å². The van der Waals surface area contributed by atoms with Crippen molar-refractivity contribution in [1.29, 1.82) is 5.26 Å². The van der Waals surface area contributed by atoms with Crippen LogP contribution in [-0.4, -0.2) is 24.3 Å². The first kappa shape index (κ1) is 18.5. The van der Waals surface area contributed by atoms with Crippen molar-refractivity contribution in [2.45, 2.75) is 97.2 Å². The third-order valence-electron chi connectivity index (χ3n) is 4.77. The van der Waals surface area contributed by atoms with Crippen LogP contribution in [0.25, 0.3) is 0 Å². The second-order valence-electron chi connectivity index (χ2n) is 7.68. The van der Waals surface area contributed by atoms with E-state index in [-0.39, 0.29) is 5.54 Å². The molecule has 0 aromatic rings. The van der Waals surface area contributed by atoms with Gasteiger partial charge >= 0.3 is 0 Å². The molecule has 1 fully saturated rings. The molecule has 1 aliphatic rings. The average molecular weight is 294 g/mol. The molecule has 3 nitrogen and oxygen atoms in total. The van der Waals surface area contributed by atoms with Crippen molar-refractivity contribution in [1.82, 2.24) is 5.32 Å². The van der Waals surface area contributed by atoms with Crippen LogP contribution in [0.3, 0.4) is 0 Å². The zero-order valence-electron chi connectivity index (χ0n) is 14.7. The van der Waals surface area contributed by atoms with E-state index in [0.29, 0.717) is 17.6 Å². The molecule has 1 rings (SSSR count). The highest BCUT2D eigenvalue weighted by molar-refractivity contribution is 5.06. The van der Waals surface area contributed by atoms with Gasteiger partial charge in [-0.1, -0.05) is 20.8 Å². The molecule has 3 heteroatoms. The Labute approximate surface area is 131 Å². The van der Waals surface area contributed by atoms with Crippen molar-refractivity contribution in [2.75, 3.05) is 6.61 Å². The third-order valence-corrected chi connectivity index (χ3v) is 4.77. The Bertz CT molecular complexity index is 336. The highest BCUT2D eigenvalue weighted by Gasteiger charge is 2.29. The molecule has 0 radical (unpaired) electrons. The van der Waals surface area contributed by atoms with Crippen LogP contribution >= 0.6 is 0 Å². The lowest BCUT2D eigenvalue weighted by molar-refractivity contribution is 0.00130. The second kappa shape index (κ2) is 8.15. The van der Waals surface area contributed by atoms with Crippen LogP contribution in [0.15, 0.2) is 0 Å². The number of nitrogens with zero attached hydrogens (tertiary/aromatic N) is 1. The summed E-state index contributed by atoms with van der Waals surface area (Å²) in [5.74, 6) is 0. The smallest absolute Gasteiger partial charge is 0.106 e. The Morgan fingerprint density at radius 2 is 1.95 bits per heavy atom. The Kier molecular flexibility index (Phi) is 7.16. The SMILES string of the molecule is CCC(C#N)(CCCOC1CCC(C)(C)CC1)NC(C)C. The van der Waals surface area contributed by atoms with Gasteiger partial charge in [0, 0.05) is 12.6 Å². The van der Waals surface area contributed by atoms with E-state index in [1.54, 1.807) is 0 Å². The van der Waals surface area contributed by atoms with Gasteiger partial charge in [-0.2, -0.15) is 5.26 Å². The maximum Gasteiger partial charge on any atom is 0.106 e. The first-order valence-electron chi connectivity index (χ1n) is 8.63. The Hall–Kier alpha value is -0.590. The summed E-state index contributed by atoms with van der Waals surface area (Å²) in [6.07, 6.45) is 8.03. The minimum atomic E-state index is -0.383. The topological polar surface area (TPSA) is 45.0 Å². The largest absolute Gasteiger partial charge is 0.378 e. The van der Waals surface area contributed by atoms with Crippen molar-refractivity contribution in [2.24, 2.45) is 5.41 Å². The number of hydrogen-bond donors (Lipinski definition) is 1. The monoisotopic (exact) mass is 294 g/mol. The van der Waals surface area contributed by atoms with Gasteiger partial charge in [0.05, 0.1) is 12.2 Å². The number of rotatable bonds is 8. The quantitative estimate of drug-likeness (QED) is 0.674. The molecule has 1 aliphatic carbocycles. The molecule has 0 bridgehead atoms. The van der Waals surface area contributed by atoms with E-state index >= 15 is 0 Å². The Morgan fingerprint density at radius 3 is 2.43 bits per heavy atom. The summed E-state index contributed by atoms with van der Waals surface area (Å²) in [7, 11) is 0. The normalized spacial score (nSPS) is 22.0. The van der Waals surface area contributed by atoms with Gasteiger partial charge in [0.2, 0.25) is 0 Å². The molecule has 1 atom stereocenters. The van der Waals surface area contributed by atoms with Crippen LogP contribution in [0.1, 0.15) is 79.6 Å². The van der Waals surface area contributed by atoms with Crippen LogP contribution in [0, 0.1) is 16.7 Å². The molecule has 0 aromatic heterocycles. The summed E-state index contributed by atoms with van der Waals surface area (Å²) in [6, 6.07) is 2.82. The summed E-state index contributed by atoms with van der Waals surface area (Å²) in [4.78, 5) is 0. The summed E-state index contributed by atoms with van der Waals surface area (Å²) in [5.41, 5.74) is 0.116. The van der Waals surface area contributed by atoms with E-state index in [4.69, 9.17) is 4.74 Å². The molecule has 0 heterocycles. The lowest BCUT2D eigenvalue weighted by Crippen LogP contribution is -2.47. The molecule has 1 saturated carbocycles. The fourth-order valence-corrected chi connectivity index (χ4v) is 3.23. The van der Waals surface area contributed by atoms with Crippen LogP contribution < -0.4 is 5.32 Å². The highest BCUT2D eigenvalue weighted by atomic mass is 16.5. The van der Waals surface area contributed by atoms with Gasteiger partial charge < -0.3 is 4.74 Å². The fraction of sp³-hybridized carbons (Fsp3) is 0.944. The highest BCUT2D eigenvalue weighted by Crippen LogP contribution is 2.36.